The molecule has 1 aliphatic carbocycles. The number of nitrogens with zero attached hydrogens (tertiary/aromatic N) is 2. The van der Waals surface area contributed by atoms with Crippen molar-refractivity contribution in [2.45, 2.75) is 18.9 Å². The first-order chi connectivity index (χ1) is 4.95. The molecule has 1 heterocycles. The lowest BCUT2D eigenvalue weighted by molar-refractivity contribution is 0.290. The van der Waals surface area contributed by atoms with Gasteiger partial charge in [0.15, 0.2) is 0 Å². The minimum atomic E-state index is 0.426. The van der Waals surface area contributed by atoms with E-state index in [4.69, 9.17) is 4.74 Å². The molecule has 3 nitrogen and oxygen atoms in total. The molecule has 0 bridgehead atoms. The average molecular weight is 136 g/mol. The fraction of sp³-hybridized carbons (Fsp3) is 0.429. The summed E-state index contributed by atoms with van der Waals surface area (Å²) < 4.78 is 5.37. The summed E-state index contributed by atoms with van der Waals surface area (Å²) >= 11 is 0. The molecule has 1 fully saturated rings. The minimum absolute atomic E-state index is 0.426. The van der Waals surface area contributed by atoms with Crippen LogP contribution >= 0.6 is 0 Å². The first kappa shape index (κ1) is 5.65. The van der Waals surface area contributed by atoms with Gasteiger partial charge in [0.2, 0.25) is 5.88 Å². The van der Waals surface area contributed by atoms with E-state index in [0.717, 1.165) is 0 Å². The fourth-order valence-electron chi connectivity index (χ4n) is 0.705. The molecule has 2 rings (SSSR count). The summed E-state index contributed by atoms with van der Waals surface area (Å²) in [6, 6.07) is 1.78. The normalized spacial score (nSPS) is 16.8. The van der Waals surface area contributed by atoms with Crippen molar-refractivity contribution in [3.63, 3.8) is 0 Å². The van der Waals surface area contributed by atoms with Crippen molar-refractivity contribution in [1.29, 1.82) is 0 Å². The zero-order valence-corrected chi connectivity index (χ0v) is 5.53. The largest absolute Gasteiger partial charge is 0.474 e. The van der Waals surface area contributed by atoms with Crippen molar-refractivity contribution in [2.24, 2.45) is 0 Å². The molecule has 1 aliphatic rings. The van der Waals surface area contributed by atoms with E-state index in [9.17, 15) is 0 Å². The molecule has 1 aromatic rings. The van der Waals surface area contributed by atoms with Crippen molar-refractivity contribution in [3.8, 4) is 5.88 Å². The Balaban J connectivity index is 2.03. The first-order valence-corrected chi connectivity index (χ1v) is 3.38. The molecule has 0 atom stereocenters. The second kappa shape index (κ2) is 2.25. The highest BCUT2D eigenvalue weighted by molar-refractivity contribution is 5.06. The second-order valence-corrected chi connectivity index (χ2v) is 2.36. The van der Waals surface area contributed by atoms with Crippen molar-refractivity contribution in [2.75, 3.05) is 0 Å². The van der Waals surface area contributed by atoms with E-state index in [1.54, 1.807) is 12.3 Å². The molecule has 52 valence electrons. The van der Waals surface area contributed by atoms with Gasteiger partial charge in [0.25, 0.3) is 0 Å². The number of rotatable bonds is 2. The number of ether oxygens (including phenoxy) is 1. The lowest BCUT2D eigenvalue weighted by atomic mass is 10.6. The predicted molar refractivity (Wildman–Crippen MR) is 35.7 cm³/mol. The number of hydrogen-bond acceptors (Lipinski definition) is 3. The van der Waals surface area contributed by atoms with Gasteiger partial charge in [-0.2, -0.15) is 0 Å². The van der Waals surface area contributed by atoms with Gasteiger partial charge in [-0.15, -0.1) is 0 Å². The summed E-state index contributed by atoms with van der Waals surface area (Å²) in [6.45, 7) is 0. The zero-order valence-electron chi connectivity index (χ0n) is 5.53. The monoisotopic (exact) mass is 136 g/mol. The Morgan fingerprint density at radius 2 is 2.40 bits per heavy atom. The smallest absolute Gasteiger partial charge is 0.216 e. The van der Waals surface area contributed by atoms with Gasteiger partial charge in [-0.3, -0.25) is 0 Å². The summed E-state index contributed by atoms with van der Waals surface area (Å²) in [4.78, 5) is 7.71. The average Bonchev–Trinajstić information content (AvgIpc) is 2.74. The summed E-state index contributed by atoms with van der Waals surface area (Å²) in [5.41, 5.74) is 0. The Bertz CT molecular complexity index is 208. The second-order valence-electron chi connectivity index (χ2n) is 2.36. The highest BCUT2D eigenvalue weighted by Gasteiger charge is 2.23. The molecule has 0 radical (unpaired) electrons. The molecule has 0 amide bonds. The van der Waals surface area contributed by atoms with Gasteiger partial charge >= 0.3 is 0 Å². The molecule has 0 N–H and O–H groups in total. The van der Waals surface area contributed by atoms with Crippen LogP contribution in [0.25, 0.3) is 0 Å². The van der Waals surface area contributed by atoms with Crippen LogP contribution in [-0.2, 0) is 0 Å². The van der Waals surface area contributed by atoms with Crippen LogP contribution < -0.4 is 4.74 Å². The van der Waals surface area contributed by atoms with Crippen LogP contribution in [0.2, 0.25) is 0 Å². The molecule has 0 saturated heterocycles. The van der Waals surface area contributed by atoms with Crippen LogP contribution in [0.15, 0.2) is 18.6 Å². The topological polar surface area (TPSA) is 35.0 Å². The van der Waals surface area contributed by atoms with Crippen molar-refractivity contribution in [1.82, 2.24) is 9.97 Å². The Labute approximate surface area is 59.1 Å². The summed E-state index contributed by atoms with van der Waals surface area (Å²) in [6.07, 6.45) is 5.95. The van der Waals surface area contributed by atoms with E-state index in [-0.39, 0.29) is 0 Å². The van der Waals surface area contributed by atoms with E-state index < -0.39 is 0 Å². The van der Waals surface area contributed by atoms with E-state index >= 15 is 0 Å². The van der Waals surface area contributed by atoms with Crippen LogP contribution in [0.4, 0.5) is 0 Å². The first-order valence-electron chi connectivity index (χ1n) is 3.38. The molecule has 0 aromatic carbocycles. The van der Waals surface area contributed by atoms with E-state index in [0.29, 0.717) is 12.0 Å². The van der Waals surface area contributed by atoms with Crippen molar-refractivity contribution >= 4 is 0 Å². The predicted octanol–water partition coefficient (Wildman–Crippen LogP) is 1.02. The Kier molecular flexibility index (Phi) is 1.27. The zero-order chi connectivity index (χ0) is 6.81. The standard InChI is InChI=1S/C7H8N2O/c1-2-6(1)10-7-3-4-8-5-9-7/h3-6H,1-2H2. The van der Waals surface area contributed by atoms with Gasteiger partial charge in [0.1, 0.15) is 12.4 Å². The number of hydrogen-bond donors (Lipinski definition) is 0. The molecule has 3 heteroatoms. The highest BCUT2D eigenvalue weighted by atomic mass is 16.5. The van der Waals surface area contributed by atoms with Crippen LogP contribution in [0, 0.1) is 0 Å². The SMILES string of the molecule is c1cc(OC2CC2)ncn1. The maximum Gasteiger partial charge on any atom is 0.216 e. The van der Waals surface area contributed by atoms with Crippen LogP contribution in [0.5, 0.6) is 5.88 Å². The molecular weight excluding hydrogens is 128 g/mol. The molecular formula is C7H8N2O. The van der Waals surface area contributed by atoms with E-state index in [2.05, 4.69) is 9.97 Å². The third kappa shape index (κ3) is 1.23. The molecule has 10 heavy (non-hydrogen) atoms. The Hall–Kier alpha value is -1.12. The quantitative estimate of drug-likeness (QED) is 0.608. The van der Waals surface area contributed by atoms with Crippen molar-refractivity contribution < 1.29 is 4.74 Å². The summed E-state index contributed by atoms with van der Waals surface area (Å²) in [5, 5.41) is 0. The molecule has 0 spiro atoms. The molecule has 0 aliphatic heterocycles. The third-order valence-electron chi connectivity index (χ3n) is 1.37. The molecule has 0 unspecified atom stereocenters. The lowest BCUT2D eigenvalue weighted by Crippen LogP contribution is -1.97. The van der Waals surface area contributed by atoms with Crippen LogP contribution in [0.1, 0.15) is 12.8 Å². The third-order valence-corrected chi connectivity index (χ3v) is 1.37. The molecule has 1 saturated carbocycles. The maximum absolute atomic E-state index is 5.37. The van der Waals surface area contributed by atoms with Gasteiger partial charge < -0.3 is 4.74 Å². The Morgan fingerprint density at radius 1 is 1.50 bits per heavy atom. The van der Waals surface area contributed by atoms with Gasteiger partial charge in [-0.1, -0.05) is 0 Å². The molecule has 1 aromatic heterocycles. The van der Waals surface area contributed by atoms with Crippen LogP contribution in [0.3, 0.4) is 0 Å². The minimum Gasteiger partial charge on any atom is -0.474 e. The van der Waals surface area contributed by atoms with Gasteiger partial charge in [0, 0.05) is 12.3 Å². The lowest BCUT2D eigenvalue weighted by Gasteiger charge is -1.99. The van der Waals surface area contributed by atoms with Gasteiger partial charge in [-0.25, -0.2) is 9.97 Å². The van der Waals surface area contributed by atoms with Gasteiger partial charge in [-0.05, 0) is 12.8 Å². The van der Waals surface area contributed by atoms with Crippen molar-refractivity contribution in [3.05, 3.63) is 18.6 Å². The highest BCUT2D eigenvalue weighted by Crippen LogP contribution is 2.24. The Morgan fingerprint density at radius 3 is 3.00 bits per heavy atom. The summed E-state index contributed by atoms with van der Waals surface area (Å²) in [7, 11) is 0. The van der Waals surface area contributed by atoms with E-state index in [1.165, 1.54) is 19.2 Å². The summed E-state index contributed by atoms with van der Waals surface area (Å²) in [5.74, 6) is 0.692. The van der Waals surface area contributed by atoms with Gasteiger partial charge in [0.05, 0.1) is 0 Å². The fourth-order valence-corrected chi connectivity index (χ4v) is 0.705. The van der Waals surface area contributed by atoms with E-state index in [1.807, 2.05) is 0 Å². The number of aromatic nitrogens is 2. The maximum atomic E-state index is 5.37. The van der Waals surface area contributed by atoms with Crippen LogP contribution in [-0.4, -0.2) is 16.1 Å².